The number of likely N-dealkylation sites (N-methyl/N-ethyl adjacent to an activating group) is 1. The molecule has 0 amide bonds. The Morgan fingerprint density at radius 1 is 0.972 bits per heavy atom. The van der Waals surface area contributed by atoms with Crippen molar-refractivity contribution in [1.29, 1.82) is 0 Å². The van der Waals surface area contributed by atoms with Crippen molar-refractivity contribution in [3.05, 3.63) is 68.3 Å². The first-order valence-corrected chi connectivity index (χ1v) is 10.8. The molecule has 1 fully saturated rings. The largest absolute Gasteiger partial charge is 0.502 e. The number of benzene rings is 2. The van der Waals surface area contributed by atoms with E-state index in [1.54, 1.807) is 0 Å². The molecule has 0 aliphatic carbocycles. The van der Waals surface area contributed by atoms with Crippen LogP contribution in [0.25, 0.3) is 0 Å². The number of piperazine rings is 1. The number of phenols is 1. The maximum absolute atomic E-state index is 11.0. The lowest BCUT2D eigenvalue weighted by atomic mass is 10.2. The van der Waals surface area contributed by atoms with Gasteiger partial charge in [0.25, 0.3) is 5.69 Å². The first-order chi connectivity index (χ1) is 17.3. The molecule has 0 saturated carbocycles. The van der Waals surface area contributed by atoms with Gasteiger partial charge in [-0.15, -0.1) is 0 Å². The number of nitro benzene ring substituents is 2. The van der Waals surface area contributed by atoms with Gasteiger partial charge in [0.2, 0.25) is 23.6 Å². The van der Waals surface area contributed by atoms with E-state index in [1.165, 1.54) is 48.7 Å². The van der Waals surface area contributed by atoms with Crippen LogP contribution in [0.15, 0.2) is 47.6 Å². The van der Waals surface area contributed by atoms with Crippen molar-refractivity contribution in [3.8, 4) is 5.75 Å². The first-order valence-electron chi connectivity index (χ1n) is 10.8. The molecular formula is C21H22N10O5. The van der Waals surface area contributed by atoms with Gasteiger partial charge in [0, 0.05) is 55.6 Å². The number of aromatic nitrogens is 3. The van der Waals surface area contributed by atoms with Crippen LogP contribution in [0.3, 0.4) is 0 Å². The third-order valence-electron chi connectivity index (χ3n) is 5.35. The summed E-state index contributed by atoms with van der Waals surface area (Å²) in [6.07, 6.45) is 1.21. The Morgan fingerprint density at radius 3 is 2.33 bits per heavy atom. The van der Waals surface area contributed by atoms with E-state index in [2.05, 4.69) is 35.7 Å². The molecule has 2 heterocycles. The van der Waals surface area contributed by atoms with Crippen molar-refractivity contribution < 1.29 is 15.0 Å². The van der Waals surface area contributed by atoms with Crippen molar-refractivity contribution in [2.45, 2.75) is 0 Å². The summed E-state index contributed by atoms with van der Waals surface area (Å²) in [6, 6.07) is 9.88. The minimum atomic E-state index is -0.690. The third kappa shape index (κ3) is 5.76. The van der Waals surface area contributed by atoms with Crippen LogP contribution in [0.4, 0.5) is 34.9 Å². The number of aromatic hydroxyl groups is 1. The molecule has 0 radical (unpaired) electrons. The summed E-state index contributed by atoms with van der Waals surface area (Å²) >= 11 is 0. The van der Waals surface area contributed by atoms with Gasteiger partial charge in [-0.25, -0.2) is 5.43 Å². The number of nitrogens with zero attached hydrogens (tertiary/aromatic N) is 8. The Morgan fingerprint density at radius 2 is 1.67 bits per heavy atom. The Labute approximate surface area is 204 Å². The molecule has 1 aliphatic rings. The molecule has 0 bridgehead atoms. The van der Waals surface area contributed by atoms with Gasteiger partial charge in [-0.3, -0.25) is 20.2 Å². The number of rotatable bonds is 8. The second kappa shape index (κ2) is 10.6. The minimum absolute atomic E-state index is 0.0459. The average Bonchev–Trinajstić information content (AvgIpc) is 2.85. The summed E-state index contributed by atoms with van der Waals surface area (Å²) in [5.74, 6) is 0.161. The maximum atomic E-state index is 11.0. The van der Waals surface area contributed by atoms with Gasteiger partial charge in [-0.2, -0.15) is 20.1 Å². The highest BCUT2D eigenvalue weighted by Crippen LogP contribution is 2.28. The highest BCUT2D eigenvalue weighted by atomic mass is 16.6. The molecule has 1 saturated heterocycles. The van der Waals surface area contributed by atoms with Crippen LogP contribution in [0.2, 0.25) is 0 Å². The summed E-state index contributed by atoms with van der Waals surface area (Å²) < 4.78 is 0. The lowest BCUT2D eigenvalue weighted by Crippen LogP contribution is -2.45. The number of non-ortho nitro benzene ring substituents is 1. The fourth-order valence-electron chi connectivity index (χ4n) is 3.37. The Kier molecular flexibility index (Phi) is 7.10. The SMILES string of the molecule is CN1CCN(c2nc(N/N=C\c3cccc([N+](=O)[O-])c3O)nc(Nc3ccc([N+](=O)[O-])cc3)n2)CC1. The summed E-state index contributed by atoms with van der Waals surface area (Å²) in [5.41, 5.74) is 2.85. The summed E-state index contributed by atoms with van der Waals surface area (Å²) in [4.78, 5) is 38.1. The Hall–Kier alpha value is -4.92. The lowest BCUT2D eigenvalue weighted by Gasteiger charge is -2.32. The van der Waals surface area contributed by atoms with E-state index >= 15 is 0 Å². The van der Waals surface area contributed by atoms with Gasteiger partial charge in [0.1, 0.15) is 0 Å². The fraction of sp³-hybridized carbons (Fsp3) is 0.238. The molecule has 0 atom stereocenters. The van der Waals surface area contributed by atoms with Crippen LogP contribution in [-0.2, 0) is 0 Å². The number of anilines is 4. The number of hydrogen-bond donors (Lipinski definition) is 3. The van der Waals surface area contributed by atoms with Crippen LogP contribution < -0.4 is 15.6 Å². The van der Waals surface area contributed by atoms with Crippen LogP contribution in [-0.4, -0.2) is 74.2 Å². The molecule has 4 rings (SSSR count). The van der Waals surface area contributed by atoms with Crippen molar-refractivity contribution >= 4 is 41.1 Å². The average molecular weight is 494 g/mol. The van der Waals surface area contributed by atoms with E-state index < -0.39 is 21.3 Å². The molecule has 0 spiro atoms. The van der Waals surface area contributed by atoms with Crippen molar-refractivity contribution in [2.75, 3.05) is 48.9 Å². The predicted molar refractivity (Wildman–Crippen MR) is 132 cm³/mol. The van der Waals surface area contributed by atoms with Gasteiger partial charge in [-0.1, -0.05) is 6.07 Å². The molecule has 15 nitrogen and oxygen atoms in total. The summed E-state index contributed by atoms with van der Waals surface area (Å²) in [5, 5.41) is 39.0. The standard InChI is InChI=1S/C21H22N10O5/c1-28-9-11-29(12-10-28)21-25-19(23-15-5-7-16(8-6-15)30(33)34)24-20(26-21)27-22-13-14-3-2-4-17(18(14)32)31(35)36/h2-8,13,32H,9-12H2,1H3,(H2,23,24,25,26,27)/b22-13-. The molecule has 2 aromatic carbocycles. The minimum Gasteiger partial charge on any atom is -0.502 e. The number of nitrogens with one attached hydrogen (secondary N) is 2. The van der Waals surface area contributed by atoms with Gasteiger partial charge in [0.05, 0.1) is 16.1 Å². The first kappa shape index (κ1) is 24.2. The van der Waals surface area contributed by atoms with E-state index in [9.17, 15) is 25.3 Å². The van der Waals surface area contributed by atoms with Crippen LogP contribution in [0, 0.1) is 20.2 Å². The molecular weight excluding hydrogens is 472 g/mol. The quantitative estimate of drug-likeness (QED) is 0.236. The summed E-state index contributed by atoms with van der Waals surface area (Å²) in [7, 11) is 2.03. The van der Waals surface area contributed by atoms with Gasteiger partial charge in [-0.05, 0) is 25.2 Å². The van der Waals surface area contributed by atoms with Crippen molar-refractivity contribution in [1.82, 2.24) is 19.9 Å². The molecule has 3 aromatic rings. The normalized spacial score (nSPS) is 14.1. The van der Waals surface area contributed by atoms with Gasteiger partial charge < -0.3 is 20.2 Å². The van der Waals surface area contributed by atoms with E-state index in [-0.39, 0.29) is 23.1 Å². The highest BCUT2D eigenvalue weighted by molar-refractivity contribution is 5.85. The Balaban J connectivity index is 1.58. The van der Waals surface area contributed by atoms with Gasteiger partial charge in [0.15, 0.2) is 0 Å². The third-order valence-corrected chi connectivity index (χ3v) is 5.35. The van der Waals surface area contributed by atoms with Crippen molar-refractivity contribution in [2.24, 2.45) is 5.10 Å². The number of nitro groups is 2. The molecule has 15 heteroatoms. The van der Waals surface area contributed by atoms with E-state index in [0.717, 1.165) is 13.1 Å². The van der Waals surface area contributed by atoms with Crippen molar-refractivity contribution in [3.63, 3.8) is 0 Å². The number of hydrazone groups is 1. The number of phenolic OH excluding ortho intramolecular Hbond substituents is 1. The molecule has 3 N–H and O–H groups in total. The van der Waals surface area contributed by atoms with Crippen LogP contribution in [0.1, 0.15) is 5.56 Å². The molecule has 1 aliphatic heterocycles. The molecule has 1 aromatic heterocycles. The number of para-hydroxylation sites is 1. The van der Waals surface area contributed by atoms with Gasteiger partial charge >= 0.3 is 5.69 Å². The monoisotopic (exact) mass is 494 g/mol. The van der Waals surface area contributed by atoms with E-state index in [0.29, 0.717) is 24.7 Å². The fourth-order valence-corrected chi connectivity index (χ4v) is 3.37. The van der Waals surface area contributed by atoms with E-state index in [4.69, 9.17) is 0 Å². The van der Waals surface area contributed by atoms with Crippen LogP contribution >= 0.6 is 0 Å². The molecule has 0 unspecified atom stereocenters. The maximum Gasteiger partial charge on any atom is 0.311 e. The zero-order valence-electron chi connectivity index (χ0n) is 19.1. The molecule has 36 heavy (non-hydrogen) atoms. The highest BCUT2D eigenvalue weighted by Gasteiger charge is 2.19. The second-order valence-corrected chi connectivity index (χ2v) is 7.84. The topological polar surface area (TPSA) is 188 Å². The number of hydrogen-bond acceptors (Lipinski definition) is 13. The zero-order chi connectivity index (χ0) is 25.7. The van der Waals surface area contributed by atoms with E-state index in [1.807, 2.05) is 11.9 Å². The smallest absolute Gasteiger partial charge is 0.311 e. The zero-order valence-corrected chi connectivity index (χ0v) is 19.1. The predicted octanol–water partition coefficient (Wildman–Crippen LogP) is 2.33. The second-order valence-electron chi connectivity index (χ2n) is 7.84. The molecule has 186 valence electrons. The lowest BCUT2D eigenvalue weighted by molar-refractivity contribution is -0.385. The van der Waals surface area contributed by atoms with Crippen LogP contribution in [0.5, 0.6) is 5.75 Å². The Bertz CT molecular complexity index is 1290. The summed E-state index contributed by atoms with van der Waals surface area (Å²) in [6.45, 7) is 3.04.